The van der Waals surface area contributed by atoms with Crippen LogP contribution in [0, 0.1) is 0 Å². The normalized spacial score (nSPS) is 19.5. The maximum absolute atomic E-state index is 6.16. The van der Waals surface area contributed by atoms with Crippen LogP contribution in [0.3, 0.4) is 0 Å². The van der Waals surface area contributed by atoms with E-state index in [1.54, 1.807) is 7.11 Å². The Morgan fingerprint density at radius 2 is 1.83 bits per heavy atom. The molecule has 6 nitrogen and oxygen atoms in total. The molecule has 1 fully saturated rings. The number of hydrogen-bond donors (Lipinski definition) is 0. The van der Waals surface area contributed by atoms with Crippen molar-refractivity contribution in [3.05, 3.63) is 18.3 Å². The highest BCUT2D eigenvalue weighted by atomic mass is 16.7. The summed E-state index contributed by atoms with van der Waals surface area (Å²) >= 11 is 0. The summed E-state index contributed by atoms with van der Waals surface area (Å²) in [6.07, 6.45) is 1.82. The minimum Gasteiger partial charge on any atom is -0.468 e. The van der Waals surface area contributed by atoms with Crippen LogP contribution in [-0.4, -0.2) is 42.0 Å². The summed E-state index contributed by atoms with van der Waals surface area (Å²) < 4.78 is 24.9. The van der Waals surface area contributed by atoms with Gasteiger partial charge in [-0.05, 0) is 33.8 Å². The highest BCUT2D eigenvalue weighted by molar-refractivity contribution is 6.63. The number of aromatic nitrogens is 2. The number of hydrogen-bond acceptors (Lipinski definition) is 5. The zero-order valence-corrected chi connectivity index (χ0v) is 14.5. The Morgan fingerprint density at radius 3 is 2.43 bits per heavy atom. The van der Waals surface area contributed by atoms with Crippen LogP contribution < -0.4 is 10.2 Å². The SMILES string of the molecule is COCOc1cc2c(cnn2C)cc1B1OC(C)(C)C(C)(C)O1. The van der Waals surface area contributed by atoms with Crippen molar-refractivity contribution in [2.75, 3.05) is 13.9 Å². The van der Waals surface area contributed by atoms with Gasteiger partial charge in [0, 0.05) is 31.1 Å². The second kappa shape index (κ2) is 5.51. The lowest BCUT2D eigenvalue weighted by atomic mass is 9.78. The zero-order chi connectivity index (χ0) is 16.8. The number of rotatable bonds is 4. The Morgan fingerprint density at radius 1 is 1.17 bits per heavy atom. The van der Waals surface area contributed by atoms with Gasteiger partial charge in [-0.1, -0.05) is 0 Å². The first kappa shape index (κ1) is 16.3. The van der Waals surface area contributed by atoms with Gasteiger partial charge in [0.25, 0.3) is 0 Å². The van der Waals surface area contributed by atoms with E-state index in [1.165, 1.54) is 0 Å². The molecule has 0 N–H and O–H groups in total. The van der Waals surface area contributed by atoms with Crippen LogP contribution >= 0.6 is 0 Å². The number of ether oxygens (including phenoxy) is 2. The van der Waals surface area contributed by atoms with Crippen molar-refractivity contribution < 1.29 is 18.8 Å². The second-order valence-corrected chi connectivity index (χ2v) is 6.86. The van der Waals surface area contributed by atoms with Crippen molar-refractivity contribution in [3.63, 3.8) is 0 Å². The molecule has 2 aromatic rings. The minimum atomic E-state index is -0.489. The lowest BCUT2D eigenvalue weighted by Gasteiger charge is -2.32. The molecule has 0 aliphatic carbocycles. The van der Waals surface area contributed by atoms with Gasteiger partial charge in [-0.2, -0.15) is 5.10 Å². The van der Waals surface area contributed by atoms with Gasteiger partial charge in [-0.25, -0.2) is 0 Å². The molecule has 0 spiro atoms. The predicted octanol–water partition coefficient (Wildman–Crippen LogP) is 1.86. The van der Waals surface area contributed by atoms with Gasteiger partial charge in [0.05, 0.1) is 22.9 Å². The van der Waals surface area contributed by atoms with E-state index in [0.29, 0.717) is 5.75 Å². The first-order chi connectivity index (χ1) is 10.7. The molecular formula is C16H23BN2O4. The van der Waals surface area contributed by atoms with Gasteiger partial charge < -0.3 is 18.8 Å². The Kier molecular flexibility index (Phi) is 3.90. The predicted molar refractivity (Wildman–Crippen MR) is 88.9 cm³/mol. The van der Waals surface area contributed by atoms with Crippen LogP contribution in [0.25, 0.3) is 10.9 Å². The first-order valence-electron chi connectivity index (χ1n) is 7.68. The highest BCUT2D eigenvalue weighted by Gasteiger charge is 2.52. The molecule has 0 unspecified atom stereocenters. The maximum atomic E-state index is 6.16. The van der Waals surface area contributed by atoms with Crippen molar-refractivity contribution in [2.24, 2.45) is 7.05 Å². The Balaban J connectivity index is 2.05. The van der Waals surface area contributed by atoms with Crippen LogP contribution in [0.15, 0.2) is 18.3 Å². The van der Waals surface area contributed by atoms with Gasteiger partial charge in [0.1, 0.15) is 5.75 Å². The fourth-order valence-electron chi connectivity index (χ4n) is 2.60. The Bertz CT molecular complexity index is 710. The molecule has 1 aliphatic heterocycles. The van der Waals surface area contributed by atoms with Crippen molar-refractivity contribution in [3.8, 4) is 5.75 Å². The average molecular weight is 318 g/mol. The molecule has 1 aromatic carbocycles. The third kappa shape index (κ3) is 2.73. The number of methoxy groups -OCH3 is 1. The van der Waals surface area contributed by atoms with Gasteiger partial charge in [-0.3, -0.25) is 4.68 Å². The first-order valence-corrected chi connectivity index (χ1v) is 7.68. The summed E-state index contributed by atoms with van der Waals surface area (Å²) in [4.78, 5) is 0. The maximum Gasteiger partial charge on any atom is 0.498 e. The molecule has 0 radical (unpaired) electrons. The number of nitrogens with zero attached hydrogens (tertiary/aromatic N) is 2. The molecule has 7 heteroatoms. The molecule has 1 aromatic heterocycles. The van der Waals surface area contributed by atoms with Crippen molar-refractivity contribution in [2.45, 2.75) is 38.9 Å². The molecule has 0 bridgehead atoms. The van der Waals surface area contributed by atoms with E-state index in [-0.39, 0.29) is 6.79 Å². The van der Waals surface area contributed by atoms with Crippen LogP contribution in [0.1, 0.15) is 27.7 Å². The van der Waals surface area contributed by atoms with E-state index in [4.69, 9.17) is 18.8 Å². The van der Waals surface area contributed by atoms with Crippen LogP contribution in [0.2, 0.25) is 0 Å². The number of aryl methyl sites for hydroxylation is 1. The lowest BCUT2D eigenvalue weighted by molar-refractivity contribution is 0.00578. The number of fused-ring (bicyclic) bond motifs is 1. The molecule has 1 saturated heterocycles. The van der Waals surface area contributed by atoms with E-state index >= 15 is 0 Å². The smallest absolute Gasteiger partial charge is 0.468 e. The fourth-order valence-corrected chi connectivity index (χ4v) is 2.60. The molecule has 0 atom stereocenters. The quantitative estimate of drug-likeness (QED) is 0.636. The largest absolute Gasteiger partial charge is 0.498 e. The van der Waals surface area contributed by atoms with Crippen LogP contribution in [0.4, 0.5) is 0 Å². The molecule has 1 aliphatic rings. The molecule has 2 heterocycles. The van der Waals surface area contributed by atoms with Crippen LogP contribution in [-0.2, 0) is 21.1 Å². The van der Waals surface area contributed by atoms with Crippen molar-refractivity contribution >= 4 is 23.5 Å². The van der Waals surface area contributed by atoms with Gasteiger partial charge >= 0.3 is 7.12 Å². The van der Waals surface area contributed by atoms with Gasteiger partial charge in [0.2, 0.25) is 0 Å². The summed E-state index contributed by atoms with van der Waals surface area (Å²) in [5.74, 6) is 0.682. The summed E-state index contributed by atoms with van der Waals surface area (Å²) in [5, 5.41) is 5.31. The molecule has 0 amide bonds. The second-order valence-electron chi connectivity index (χ2n) is 6.86. The van der Waals surface area contributed by atoms with E-state index in [2.05, 4.69) is 5.10 Å². The number of benzene rings is 1. The third-order valence-electron chi connectivity index (χ3n) is 4.72. The van der Waals surface area contributed by atoms with E-state index in [0.717, 1.165) is 16.4 Å². The summed E-state index contributed by atoms with van der Waals surface area (Å²) in [7, 11) is 3.00. The van der Waals surface area contributed by atoms with Gasteiger partial charge in [0.15, 0.2) is 6.79 Å². The summed E-state index contributed by atoms with van der Waals surface area (Å²) in [5.41, 5.74) is 1.03. The molecule has 23 heavy (non-hydrogen) atoms. The molecule has 0 saturated carbocycles. The van der Waals surface area contributed by atoms with Crippen molar-refractivity contribution in [1.29, 1.82) is 0 Å². The standard InChI is InChI=1S/C16H23BN2O4/c1-15(2)16(3,4)23-17(22-15)12-7-11-9-18-19(5)13(11)8-14(12)21-10-20-6/h7-9H,10H2,1-6H3. The molecule has 124 valence electrons. The van der Waals surface area contributed by atoms with E-state index in [1.807, 2.05) is 57.8 Å². The average Bonchev–Trinajstić information content (AvgIpc) is 2.93. The zero-order valence-electron chi connectivity index (χ0n) is 14.5. The lowest BCUT2D eigenvalue weighted by Crippen LogP contribution is -2.41. The van der Waals surface area contributed by atoms with E-state index in [9.17, 15) is 0 Å². The Labute approximate surface area is 136 Å². The topological polar surface area (TPSA) is 54.7 Å². The van der Waals surface area contributed by atoms with E-state index < -0.39 is 18.3 Å². The molecule has 3 rings (SSSR count). The monoisotopic (exact) mass is 318 g/mol. The fraction of sp³-hybridized carbons (Fsp3) is 0.562. The van der Waals surface area contributed by atoms with Crippen LogP contribution in [0.5, 0.6) is 5.75 Å². The van der Waals surface area contributed by atoms with Gasteiger partial charge in [-0.15, -0.1) is 0 Å². The summed E-state index contributed by atoms with van der Waals surface area (Å²) in [6, 6.07) is 3.96. The van der Waals surface area contributed by atoms with Crippen molar-refractivity contribution in [1.82, 2.24) is 9.78 Å². The Hall–Kier alpha value is -1.57. The highest BCUT2D eigenvalue weighted by Crippen LogP contribution is 2.37. The third-order valence-corrected chi connectivity index (χ3v) is 4.72. The summed E-state index contributed by atoms with van der Waals surface area (Å²) in [6.45, 7) is 8.29. The molecular weight excluding hydrogens is 295 g/mol. The minimum absolute atomic E-state index is 0.163.